The molecule has 0 fully saturated rings. The van der Waals surface area contributed by atoms with Gasteiger partial charge >= 0.3 is 0 Å². The van der Waals surface area contributed by atoms with Crippen LogP contribution in [0.3, 0.4) is 0 Å². The largest absolute Gasteiger partial charge is 0.490 e. The number of rotatable bonds is 8. The summed E-state index contributed by atoms with van der Waals surface area (Å²) in [5.74, 6) is 0.728. The topological polar surface area (TPSA) is 91.2 Å². The summed E-state index contributed by atoms with van der Waals surface area (Å²) < 4.78 is 25.9. The highest BCUT2D eigenvalue weighted by Crippen LogP contribution is 2.28. The van der Waals surface area contributed by atoms with Crippen LogP contribution in [0.2, 0.25) is 0 Å². The molecule has 1 aromatic heterocycles. The van der Waals surface area contributed by atoms with Gasteiger partial charge in [0.05, 0.1) is 25.4 Å². The lowest BCUT2D eigenvalue weighted by molar-refractivity contribution is 0.0949. The molecule has 8 nitrogen and oxygen atoms in total. The van der Waals surface area contributed by atoms with Gasteiger partial charge in [0.2, 0.25) is 0 Å². The van der Waals surface area contributed by atoms with Crippen molar-refractivity contribution in [3.8, 4) is 17.2 Å². The molecule has 1 heterocycles. The van der Waals surface area contributed by atoms with E-state index < -0.39 is 5.82 Å². The first-order valence-corrected chi connectivity index (χ1v) is 8.83. The van der Waals surface area contributed by atoms with Crippen molar-refractivity contribution in [1.82, 2.24) is 25.5 Å². The maximum Gasteiger partial charge on any atom is 0.251 e. The molecular formula is C19H20FN5O3. The Bertz CT molecular complexity index is 960. The molecule has 3 rings (SSSR count). The van der Waals surface area contributed by atoms with Crippen LogP contribution in [-0.2, 0) is 6.54 Å². The highest BCUT2D eigenvalue weighted by Gasteiger charge is 2.14. The van der Waals surface area contributed by atoms with Gasteiger partial charge in [0.1, 0.15) is 5.82 Å². The molecule has 0 saturated carbocycles. The van der Waals surface area contributed by atoms with Crippen molar-refractivity contribution in [3.63, 3.8) is 0 Å². The number of nitrogens with zero attached hydrogens (tertiary/aromatic N) is 4. The maximum atomic E-state index is 13.4. The molecule has 0 atom stereocenters. The molecule has 146 valence electrons. The smallest absolute Gasteiger partial charge is 0.251 e. The predicted octanol–water partition coefficient (Wildman–Crippen LogP) is 2.53. The molecule has 3 aromatic rings. The number of halogens is 1. The van der Waals surface area contributed by atoms with Crippen molar-refractivity contribution in [1.29, 1.82) is 0 Å². The fourth-order valence-electron chi connectivity index (χ4n) is 2.58. The summed E-state index contributed by atoms with van der Waals surface area (Å²) in [6.07, 6.45) is 0. The van der Waals surface area contributed by atoms with Gasteiger partial charge in [-0.3, -0.25) is 4.79 Å². The van der Waals surface area contributed by atoms with Crippen molar-refractivity contribution >= 4 is 5.91 Å². The summed E-state index contributed by atoms with van der Waals surface area (Å²) in [6.45, 7) is 4.75. The van der Waals surface area contributed by atoms with Crippen LogP contribution < -0.4 is 14.8 Å². The zero-order valence-corrected chi connectivity index (χ0v) is 15.6. The van der Waals surface area contributed by atoms with E-state index in [1.807, 2.05) is 13.8 Å². The van der Waals surface area contributed by atoms with E-state index in [0.29, 0.717) is 41.8 Å². The van der Waals surface area contributed by atoms with Gasteiger partial charge in [-0.25, -0.2) is 4.39 Å². The minimum atomic E-state index is -0.402. The lowest BCUT2D eigenvalue weighted by Crippen LogP contribution is -2.24. The normalized spacial score (nSPS) is 10.5. The highest BCUT2D eigenvalue weighted by molar-refractivity contribution is 5.94. The number of tetrazole rings is 1. The lowest BCUT2D eigenvalue weighted by atomic mass is 10.2. The van der Waals surface area contributed by atoms with Gasteiger partial charge in [-0.2, -0.15) is 4.68 Å². The van der Waals surface area contributed by atoms with Crippen LogP contribution >= 0.6 is 0 Å². The number of nitrogens with one attached hydrogen (secondary N) is 1. The molecule has 0 bridgehead atoms. The molecule has 0 spiro atoms. The van der Waals surface area contributed by atoms with Crippen LogP contribution in [0.5, 0.6) is 11.5 Å². The standard InChI is InChI=1S/C19H20FN5O3/c1-3-27-16-9-8-13(10-17(16)28-4-2)19(26)21-12-18-22-23-24-25(18)15-7-5-6-14(20)11-15/h5-11H,3-4,12H2,1-2H3,(H,21,26). The number of aromatic nitrogens is 4. The van der Waals surface area contributed by atoms with E-state index in [9.17, 15) is 9.18 Å². The molecule has 0 aliphatic heterocycles. The van der Waals surface area contributed by atoms with Crippen molar-refractivity contribution < 1.29 is 18.7 Å². The van der Waals surface area contributed by atoms with E-state index >= 15 is 0 Å². The lowest BCUT2D eigenvalue weighted by Gasteiger charge is -2.12. The quantitative estimate of drug-likeness (QED) is 0.641. The average Bonchev–Trinajstić information content (AvgIpc) is 3.16. The van der Waals surface area contributed by atoms with Crippen LogP contribution in [0, 0.1) is 5.82 Å². The molecular weight excluding hydrogens is 365 g/mol. The van der Waals surface area contributed by atoms with Crippen LogP contribution in [0.1, 0.15) is 30.0 Å². The molecule has 0 unspecified atom stereocenters. The second-order valence-corrected chi connectivity index (χ2v) is 5.70. The van der Waals surface area contributed by atoms with E-state index in [-0.39, 0.29) is 12.5 Å². The Morgan fingerprint density at radius 3 is 2.64 bits per heavy atom. The van der Waals surface area contributed by atoms with Crippen LogP contribution in [0.15, 0.2) is 42.5 Å². The molecule has 0 saturated heterocycles. The number of amides is 1. The van der Waals surface area contributed by atoms with Gasteiger partial charge in [-0.05, 0) is 60.7 Å². The van der Waals surface area contributed by atoms with Gasteiger partial charge in [-0.15, -0.1) is 5.10 Å². The summed E-state index contributed by atoms with van der Waals surface area (Å²) >= 11 is 0. The zero-order chi connectivity index (χ0) is 19.9. The predicted molar refractivity (Wildman–Crippen MR) is 99.1 cm³/mol. The van der Waals surface area contributed by atoms with E-state index in [4.69, 9.17) is 9.47 Å². The van der Waals surface area contributed by atoms with Gasteiger partial charge in [-0.1, -0.05) is 6.07 Å². The second-order valence-electron chi connectivity index (χ2n) is 5.70. The maximum absolute atomic E-state index is 13.4. The highest BCUT2D eigenvalue weighted by atomic mass is 19.1. The Kier molecular flexibility index (Phi) is 6.15. The third-order valence-corrected chi connectivity index (χ3v) is 3.80. The fraction of sp³-hybridized carbons (Fsp3) is 0.263. The number of hydrogen-bond donors (Lipinski definition) is 1. The van der Waals surface area contributed by atoms with Crippen LogP contribution in [0.4, 0.5) is 4.39 Å². The molecule has 0 aliphatic carbocycles. The van der Waals surface area contributed by atoms with Crippen molar-refractivity contribution in [2.45, 2.75) is 20.4 Å². The second kappa shape index (κ2) is 8.94. The van der Waals surface area contributed by atoms with Crippen LogP contribution in [-0.4, -0.2) is 39.3 Å². The molecule has 1 amide bonds. The molecule has 28 heavy (non-hydrogen) atoms. The Balaban J connectivity index is 1.73. The minimum Gasteiger partial charge on any atom is -0.490 e. The van der Waals surface area contributed by atoms with Crippen LogP contribution in [0.25, 0.3) is 5.69 Å². The van der Waals surface area contributed by atoms with Gasteiger partial charge in [0.25, 0.3) is 5.91 Å². The van der Waals surface area contributed by atoms with Crippen molar-refractivity contribution in [3.05, 3.63) is 59.7 Å². The molecule has 2 aromatic carbocycles. The first-order valence-electron chi connectivity index (χ1n) is 8.83. The Hall–Kier alpha value is -3.49. The Morgan fingerprint density at radius 1 is 1.11 bits per heavy atom. The van der Waals surface area contributed by atoms with Crippen molar-refractivity contribution in [2.24, 2.45) is 0 Å². The molecule has 1 N–H and O–H groups in total. The number of carbonyl (C=O) groups excluding carboxylic acids is 1. The SMILES string of the molecule is CCOc1ccc(C(=O)NCc2nnnn2-c2cccc(F)c2)cc1OCC. The van der Waals surface area contributed by atoms with Gasteiger partial charge in [0, 0.05) is 5.56 Å². The fourth-order valence-corrected chi connectivity index (χ4v) is 2.58. The zero-order valence-electron chi connectivity index (χ0n) is 15.6. The summed E-state index contributed by atoms with van der Waals surface area (Å²) in [5, 5.41) is 14.1. The summed E-state index contributed by atoms with van der Waals surface area (Å²) in [4.78, 5) is 12.5. The third-order valence-electron chi connectivity index (χ3n) is 3.80. The molecule has 9 heteroatoms. The first kappa shape index (κ1) is 19.3. The Morgan fingerprint density at radius 2 is 1.89 bits per heavy atom. The summed E-state index contributed by atoms with van der Waals surface area (Å²) in [6, 6.07) is 10.8. The number of hydrogen-bond acceptors (Lipinski definition) is 6. The van der Waals surface area contributed by atoms with E-state index in [2.05, 4.69) is 20.8 Å². The number of ether oxygens (including phenoxy) is 2. The van der Waals surface area contributed by atoms with Gasteiger partial charge in [0.15, 0.2) is 17.3 Å². The first-order chi connectivity index (χ1) is 13.6. The van der Waals surface area contributed by atoms with E-state index in [1.54, 1.807) is 30.3 Å². The number of benzene rings is 2. The third kappa shape index (κ3) is 4.43. The minimum absolute atomic E-state index is 0.0690. The summed E-state index contributed by atoms with van der Waals surface area (Å²) in [7, 11) is 0. The summed E-state index contributed by atoms with van der Waals surface area (Å²) in [5.41, 5.74) is 0.880. The van der Waals surface area contributed by atoms with Gasteiger partial charge < -0.3 is 14.8 Å². The van der Waals surface area contributed by atoms with E-state index in [0.717, 1.165) is 0 Å². The molecule has 0 radical (unpaired) electrons. The van der Waals surface area contributed by atoms with E-state index in [1.165, 1.54) is 16.8 Å². The van der Waals surface area contributed by atoms with Crippen molar-refractivity contribution in [2.75, 3.05) is 13.2 Å². The number of carbonyl (C=O) groups is 1. The Labute approximate surface area is 161 Å². The average molecular weight is 385 g/mol. The molecule has 0 aliphatic rings. The monoisotopic (exact) mass is 385 g/mol.